The van der Waals surface area contributed by atoms with E-state index in [1.165, 1.54) is 7.11 Å². The third kappa shape index (κ3) is 10.7. The van der Waals surface area contributed by atoms with Crippen LogP contribution < -0.4 is 10.1 Å². The second-order valence-electron chi connectivity index (χ2n) is 19.5. The Hall–Kier alpha value is -3.78. The molecule has 1 amide bonds. The number of fused-ring (bicyclic) bond motifs is 3. The van der Waals surface area contributed by atoms with E-state index in [0.29, 0.717) is 24.5 Å². The topological polar surface area (TPSA) is 201 Å². The minimum absolute atomic E-state index is 0.0946. The number of nitrogens with zero attached hydrogens (tertiary/aromatic N) is 2. The third-order valence-electron chi connectivity index (χ3n) is 14.2. The molecule has 0 spiro atoms. The van der Waals surface area contributed by atoms with Gasteiger partial charge in [0, 0.05) is 44.4 Å². The third-order valence-corrected chi connectivity index (χ3v) is 14.2. The maximum Gasteiger partial charge on any atom is 0.509 e. The highest BCUT2D eigenvalue weighted by Gasteiger charge is 2.60. The molecule has 366 valence electrons. The fourth-order valence-electron chi connectivity index (χ4n) is 10.5. The second-order valence-corrected chi connectivity index (χ2v) is 19.5. The molecular formula is C47H73N3O15. The summed E-state index contributed by atoms with van der Waals surface area (Å²) in [6.07, 6.45) is -8.82. The largest absolute Gasteiger partial charge is 0.509 e. The lowest BCUT2D eigenvalue weighted by Crippen LogP contribution is -2.61. The first-order valence-corrected chi connectivity index (χ1v) is 23.0. The highest BCUT2D eigenvalue weighted by Crippen LogP contribution is 2.45. The summed E-state index contributed by atoms with van der Waals surface area (Å²) < 4.78 is 68.9. The van der Waals surface area contributed by atoms with Gasteiger partial charge in [-0.25, -0.2) is 14.6 Å². The maximum atomic E-state index is 14.7. The summed E-state index contributed by atoms with van der Waals surface area (Å²) in [5.74, 6) is -1.38. The zero-order valence-corrected chi connectivity index (χ0v) is 40.6. The van der Waals surface area contributed by atoms with E-state index < -0.39 is 108 Å². The first-order chi connectivity index (χ1) is 30.6. The molecule has 18 nitrogen and oxygen atoms in total. The molecule has 5 aliphatic rings. The number of carbonyl (C=O) groups excluding carboxylic acids is 3. The van der Waals surface area contributed by atoms with Crippen molar-refractivity contribution in [3.05, 3.63) is 29.8 Å². The number of aliphatic imine (C=N–C) groups is 1. The van der Waals surface area contributed by atoms with Gasteiger partial charge in [-0.15, -0.1) is 0 Å². The number of esters is 1. The molecule has 5 aliphatic heterocycles. The second kappa shape index (κ2) is 20.2. The van der Waals surface area contributed by atoms with Crippen LogP contribution in [0.3, 0.4) is 0 Å². The van der Waals surface area contributed by atoms with Crippen LogP contribution in [-0.2, 0) is 58.7 Å². The Kier molecular flexibility index (Phi) is 15.7. The van der Waals surface area contributed by atoms with Gasteiger partial charge in [0.1, 0.15) is 35.3 Å². The van der Waals surface area contributed by atoms with Gasteiger partial charge in [-0.05, 0) is 93.1 Å². The molecule has 18 atom stereocenters. The molecule has 2 bridgehead atoms. The standard InChI is InChI=1S/C47H73N3O15/c1-15-33-47(10)38(63-44(54)65-47)28(6)49-40-24(2)21-46(9,64-40)37(61-42-35(51)32(50(11)12)20-25(3)57-42)26(4)36(27(5)41(52)59-33)60-34-22-45(8,56-14)39(29(7)58-34)62-43(53)48-23-30-16-18-31(55-13)19-17-30/h16-19,24-29,32-39,42,51H,15,20-23H2,1-14H3,(H,48,53)/t24-,25-,26+,27-,28-,29+,32+,33-,34+,35-,36+,37-,38-,39+,42+,45-,46-,47+/m1/s1. The Morgan fingerprint density at radius 3 is 2.26 bits per heavy atom. The summed E-state index contributed by atoms with van der Waals surface area (Å²) in [6.45, 7) is 18.6. The Bertz CT molecular complexity index is 1850. The molecule has 2 N–H and O–H groups in total. The normalized spacial score (nSPS) is 42.3. The molecule has 65 heavy (non-hydrogen) atoms. The summed E-state index contributed by atoms with van der Waals surface area (Å²) >= 11 is 0. The number of hydrogen-bond donors (Lipinski definition) is 2. The molecule has 0 aromatic heterocycles. The van der Waals surface area contributed by atoms with Gasteiger partial charge in [-0.3, -0.25) is 4.79 Å². The van der Waals surface area contributed by atoms with Crippen LogP contribution in [0.15, 0.2) is 29.3 Å². The SMILES string of the molecule is CC[C@H]1OC(=O)[C@H](C)[C@@H](O[C@H]2C[C@@](C)(OC)[C@@H](OC(=O)NCc3ccc(OC)cc3)[C@H](C)O2)[C@H](C)[C@@H](O[C@@H]2O[C@H](C)C[C@H](N(C)C)[C@H]2O)[C@@]2(C)C[C@@H](C)C(=N[C@H](C)[C@H]3OC(=O)O[C@]31C)O2. The van der Waals surface area contributed by atoms with Crippen LogP contribution in [0.4, 0.5) is 9.59 Å². The van der Waals surface area contributed by atoms with Crippen molar-refractivity contribution in [1.82, 2.24) is 10.2 Å². The molecule has 4 saturated heterocycles. The van der Waals surface area contributed by atoms with Crippen molar-refractivity contribution in [2.24, 2.45) is 22.7 Å². The number of amides is 1. The van der Waals surface area contributed by atoms with Crippen molar-refractivity contribution in [1.29, 1.82) is 0 Å². The predicted molar refractivity (Wildman–Crippen MR) is 235 cm³/mol. The summed E-state index contributed by atoms with van der Waals surface area (Å²) in [5.41, 5.74) is -2.76. The van der Waals surface area contributed by atoms with Crippen molar-refractivity contribution in [3.8, 4) is 5.75 Å². The zero-order valence-electron chi connectivity index (χ0n) is 40.6. The molecule has 18 heteroatoms. The van der Waals surface area contributed by atoms with Gasteiger partial charge in [0.05, 0.1) is 37.4 Å². The van der Waals surface area contributed by atoms with E-state index in [-0.39, 0.29) is 37.5 Å². The Labute approximate surface area is 383 Å². The van der Waals surface area contributed by atoms with Crippen molar-refractivity contribution in [2.75, 3.05) is 28.3 Å². The van der Waals surface area contributed by atoms with Crippen LogP contribution in [0.25, 0.3) is 0 Å². The monoisotopic (exact) mass is 920 g/mol. The maximum absolute atomic E-state index is 14.7. The molecule has 0 aliphatic carbocycles. The van der Waals surface area contributed by atoms with Crippen LogP contribution in [0.2, 0.25) is 0 Å². The molecule has 1 aromatic carbocycles. The van der Waals surface area contributed by atoms with E-state index in [1.54, 1.807) is 27.9 Å². The van der Waals surface area contributed by atoms with Crippen molar-refractivity contribution in [3.63, 3.8) is 0 Å². The smallest absolute Gasteiger partial charge is 0.497 e. The quantitative estimate of drug-likeness (QED) is 0.207. The van der Waals surface area contributed by atoms with Gasteiger partial charge in [0.15, 0.2) is 36.3 Å². The van der Waals surface area contributed by atoms with E-state index in [2.05, 4.69) is 5.32 Å². The lowest BCUT2D eigenvalue weighted by atomic mass is 9.79. The lowest BCUT2D eigenvalue weighted by molar-refractivity contribution is -0.315. The fraction of sp³-hybridized carbons (Fsp3) is 0.787. The molecule has 6 rings (SSSR count). The molecule has 5 heterocycles. The summed E-state index contributed by atoms with van der Waals surface area (Å²) in [7, 11) is 6.93. The van der Waals surface area contributed by atoms with Gasteiger partial charge in [-0.2, -0.15) is 0 Å². The van der Waals surface area contributed by atoms with Gasteiger partial charge < -0.3 is 67.4 Å². The minimum atomic E-state index is -1.39. The van der Waals surface area contributed by atoms with E-state index in [0.717, 1.165) is 5.56 Å². The molecule has 0 saturated carbocycles. The number of methoxy groups -OCH3 is 2. The highest BCUT2D eigenvalue weighted by atomic mass is 16.8. The Morgan fingerprint density at radius 1 is 0.938 bits per heavy atom. The van der Waals surface area contributed by atoms with Crippen LogP contribution >= 0.6 is 0 Å². The van der Waals surface area contributed by atoms with Gasteiger partial charge in [-0.1, -0.05) is 32.9 Å². The number of hydrogen-bond acceptors (Lipinski definition) is 17. The number of nitrogens with one attached hydrogen (secondary N) is 1. The number of aliphatic hydroxyl groups excluding tert-OH is 1. The summed E-state index contributed by atoms with van der Waals surface area (Å²) in [5, 5.41) is 14.6. The fourth-order valence-corrected chi connectivity index (χ4v) is 10.5. The number of carbonyl (C=O) groups is 3. The van der Waals surface area contributed by atoms with Crippen LogP contribution in [0, 0.1) is 17.8 Å². The van der Waals surface area contributed by atoms with Crippen molar-refractivity contribution < 1.29 is 71.6 Å². The molecule has 0 radical (unpaired) electrons. The molecular weight excluding hydrogens is 847 g/mol. The van der Waals surface area contributed by atoms with Gasteiger partial charge >= 0.3 is 18.2 Å². The number of alkyl carbamates (subject to hydrolysis) is 1. The molecule has 4 fully saturated rings. The van der Waals surface area contributed by atoms with Crippen LogP contribution in [0.5, 0.6) is 5.75 Å². The number of rotatable bonds is 11. The lowest BCUT2D eigenvalue weighted by Gasteiger charge is -2.49. The van der Waals surface area contributed by atoms with E-state index in [9.17, 15) is 19.5 Å². The molecule has 0 unspecified atom stereocenters. The minimum Gasteiger partial charge on any atom is -0.497 e. The highest BCUT2D eigenvalue weighted by molar-refractivity contribution is 5.81. The summed E-state index contributed by atoms with van der Waals surface area (Å²) in [4.78, 5) is 47.7. The zero-order chi connectivity index (χ0) is 47.8. The van der Waals surface area contributed by atoms with E-state index in [1.807, 2.05) is 91.7 Å². The first-order valence-electron chi connectivity index (χ1n) is 23.0. The number of cyclic esters (lactones) is 1. The number of aliphatic hydroxyl groups is 1. The number of benzene rings is 1. The first kappa shape index (κ1) is 50.6. The van der Waals surface area contributed by atoms with Gasteiger partial charge in [0.2, 0.25) is 0 Å². The van der Waals surface area contributed by atoms with Gasteiger partial charge in [0.25, 0.3) is 0 Å². The van der Waals surface area contributed by atoms with Crippen LogP contribution in [0.1, 0.15) is 100 Å². The molecule has 1 aromatic rings. The van der Waals surface area contributed by atoms with Crippen molar-refractivity contribution in [2.45, 2.75) is 192 Å². The van der Waals surface area contributed by atoms with Crippen LogP contribution in [-0.4, -0.2) is 153 Å². The average molecular weight is 920 g/mol. The summed E-state index contributed by atoms with van der Waals surface area (Å²) in [6, 6.07) is 6.39. The Morgan fingerprint density at radius 2 is 1.63 bits per heavy atom. The Balaban J connectivity index is 1.34. The van der Waals surface area contributed by atoms with Crippen molar-refractivity contribution >= 4 is 24.1 Å². The van der Waals surface area contributed by atoms with E-state index >= 15 is 0 Å². The van der Waals surface area contributed by atoms with E-state index in [4.69, 9.17) is 57.1 Å². The number of likely N-dealkylation sites (N-methyl/N-ethyl adjacent to an activating group) is 1. The number of ether oxygens (including phenoxy) is 11. The average Bonchev–Trinajstić information content (AvgIpc) is 3.74. The predicted octanol–water partition coefficient (Wildman–Crippen LogP) is 5.53.